The van der Waals surface area contributed by atoms with Gasteiger partial charge in [0.15, 0.2) is 5.76 Å². The summed E-state index contributed by atoms with van der Waals surface area (Å²) < 4.78 is 5.62. The van der Waals surface area contributed by atoms with Gasteiger partial charge in [0.25, 0.3) is 5.91 Å². The van der Waals surface area contributed by atoms with Crippen molar-refractivity contribution >= 4 is 11.8 Å². The van der Waals surface area contributed by atoms with Crippen LogP contribution < -0.4 is 10.6 Å². The average molecular weight is 367 g/mol. The van der Waals surface area contributed by atoms with Gasteiger partial charge in [-0.05, 0) is 37.0 Å². The number of nitrogens with zero attached hydrogens (tertiary/aromatic N) is 1. The molecule has 6 heteroatoms. The van der Waals surface area contributed by atoms with E-state index in [2.05, 4.69) is 15.5 Å². The summed E-state index contributed by atoms with van der Waals surface area (Å²) in [6.45, 7) is 2.48. The van der Waals surface area contributed by atoms with Crippen LogP contribution in [-0.2, 0) is 11.3 Å². The lowest BCUT2D eigenvalue weighted by Crippen LogP contribution is -2.50. The molecular weight excluding hydrogens is 342 g/mol. The van der Waals surface area contributed by atoms with E-state index in [4.69, 9.17) is 4.42 Å². The predicted molar refractivity (Wildman–Crippen MR) is 101 cm³/mol. The number of carbonyl (C=O) groups is 2. The van der Waals surface area contributed by atoms with E-state index in [1.165, 1.54) is 0 Å². The van der Waals surface area contributed by atoms with Crippen LogP contribution in [0, 0.1) is 0 Å². The Kier molecular flexibility index (Phi) is 4.74. The highest BCUT2D eigenvalue weighted by Gasteiger charge is 2.46. The van der Waals surface area contributed by atoms with Crippen molar-refractivity contribution in [2.24, 2.45) is 0 Å². The first-order valence-corrected chi connectivity index (χ1v) is 9.49. The SMILES string of the molecule is CNC(=O)c1ccc(CN2CCC3(CC2)CC(c2ccccc2)C(=O)N3)o1. The Morgan fingerprint density at radius 1 is 1.22 bits per heavy atom. The molecule has 1 unspecified atom stereocenters. The molecule has 0 aliphatic carbocycles. The molecule has 2 fully saturated rings. The van der Waals surface area contributed by atoms with Gasteiger partial charge in [0.1, 0.15) is 5.76 Å². The number of hydrogen-bond donors (Lipinski definition) is 2. The maximum absolute atomic E-state index is 12.5. The van der Waals surface area contributed by atoms with Crippen LogP contribution in [0.25, 0.3) is 0 Å². The first-order chi connectivity index (χ1) is 13.1. The summed E-state index contributed by atoms with van der Waals surface area (Å²) in [5.74, 6) is 1.03. The molecule has 2 amide bonds. The molecule has 142 valence electrons. The first-order valence-electron chi connectivity index (χ1n) is 9.49. The Morgan fingerprint density at radius 2 is 1.96 bits per heavy atom. The molecule has 2 saturated heterocycles. The number of likely N-dealkylation sites (tertiary alicyclic amines) is 1. The Bertz CT molecular complexity index is 822. The molecule has 6 nitrogen and oxygen atoms in total. The van der Waals surface area contributed by atoms with Crippen LogP contribution in [0.1, 0.15) is 47.1 Å². The zero-order chi connectivity index (χ0) is 18.9. The third kappa shape index (κ3) is 3.62. The summed E-state index contributed by atoms with van der Waals surface area (Å²) in [6, 6.07) is 13.6. The third-order valence-electron chi connectivity index (χ3n) is 5.81. The minimum Gasteiger partial charge on any atom is -0.455 e. The number of carbonyl (C=O) groups excluding carboxylic acids is 2. The maximum Gasteiger partial charge on any atom is 0.286 e. The van der Waals surface area contributed by atoms with Crippen molar-refractivity contribution in [1.29, 1.82) is 0 Å². The Labute approximate surface area is 158 Å². The Balaban J connectivity index is 1.36. The van der Waals surface area contributed by atoms with Crippen LogP contribution in [0.2, 0.25) is 0 Å². The summed E-state index contributed by atoms with van der Waals surface area (Å²) >= 11 is 0. The van der Waals surface area contributed by atoms with E-state index >= 15 is 0 Å². The fourth-order valence-corrected chi connectivity index (χ4v) is 4.23. The monoisotopic (exact) mass is 367 g/mol. The highest BCUT2D eigenvalue weighted by molar-refractivity contribution is 5.91. The molecule has 3 heterocycles. The normalized spacial score (nSPS) is 22.0. The molecule has 0 radical (unpaired) electrons. The van der Waals surface area contributed by atoms with E-state index in [0.717, 1.165) is 43.7 Å². The molecule has 1 aromatic heterocycles. The molecule has 2 aromatic rings. The van der Waals surface area contributed by atoms with E-state index < -0.39 is 0 Å². The molecule has 1 spiro atoms. The zero-order valence-corrected chi connectivity index (χ0v) is 15.5. The third-order valence-corrected chi connectivity index (χ3v) is 5.81. The molecular formula is C21H25N3O3. The largest absolute Gasteiger partial charge is 0.455 e. The van der Waals surface area contributed by atoms with Crippen LogP contribution in [-0.4, -0.2) is 42.4 Å². The van der Waals surface area contributed by atoms with Gasteiger partial charge in [-0.25, -0.2) is 0 Å². The minimum absolute atomic E-state index is 0.0436. The van der Waals surface area contributed by atoms with Crippen LogP contribution >= 0.6 is 0 Å². The zero-order valence-electron chi connectivity index (χ0n) is 15.5. The van der Waals surface area contributed by atoms with Gasteiger partial charge < -0.3 is 15.1 Å². The number of piperidine rings is 1. The second-order valence-corrected chi connectivity index (χ2v) is 7.56. The van der Waals surface area contributed by atoms with Gasteiger partial charge >= 0.3 is 0 Å². The van der Waals surface area contributed by atoms with Gasteiger partial charge in [0.05, 0.1) is 12.5 Å². The number of rotatable bonds is 4. The summed E-state index contributed by atoms with van der Waals surface area (Å²) in [4.78, 5) is 26.5. The van der Waals surface area contributed by atoms with Crippen LogP contribution in [0.5, 0.6) is 0 Å². The van der Waals surface area contributed by atoms with Crippen molar-refractivity contribution in [3.05, 3.63) is 59.5 Å². The van der Waals surface area contributed by atoms with Gasteiger partial charge in [-0.15, -0.1) is 0 Å². The van der Waals surface area contributed by atoms with E-state index in [1.54, 1.807) is 13.1 Å². The van der Waals surface area contributed by atoms with Crippen molar-refractivity contribution in [3.63, 3.8) is 0 Å². The highest BCUT2D eigenvalue weighted by atomic mass is 16.4. The van der Waals surface area contributed by atoms with Crippen LogP contribution in [0.15, 0.2) is 46.9 Å². The van der Waals surface area contributed by atoms with Gasteiger partial charge in [0, 0.05) is 25.7 Å². The van der Waals surface area contributed by atoms with Gasteiger partial charge in [-0.1, -0.05) is 30.3 Å². The number of benzene rings is 1. The first kappa shape index (κ1) is 17.8. The second-order valence-electron chi connectivity index (χ2n) is 7.56. The summed E-state index contributed by atoms with van der Waals surface area (Å²) in [6.07, 6.45) is 2.74. The topological polar surface area (TPSA) is 74.6 Å². The van der Waals surface area contributed by atoms with Crippen molar-refractivity contribution in [3.8, 4) is 0 Å². The standard InChI is InChI=1S/C21H25N3O3/c1-22-20(26)18-8-7-16(27-18)14-24-11-9-21(10-12-24)13-17(19(25)23-21)15-5-3-2-4-6-15/h2-8,17H,9-14H2,1H3,(H,22,26)(H,23,25). The van der Waals surface area contributed by atoms with E-state index in [9.17, 15) is 9.59 Å². The molecule has 1 aromatic carbocycles. The van der Waals surface area contributed by atoms with Gasteiger partial charge in [-0.3, -0.25) is 14.5 Å². The molecule has 2 N–H and O–H groups in total. The van der Waals surface area contributed by atoms with Gasteiger partial charge in [-0.2, -0.15) is 0 Å². The Hall–Kier alpha value is -2.60. The maximum atomic E-state index is 12.5. The quantitative estimate of drug-likeness (QED) is 0.869. The fraction of sp³-hybridized carbons (Fsp3) is 0.429. The Morgan fingerprint density at radius 3 is 2.67 bits per heavy atom. The molecule has 0 bridgehead atoms. The van der Waals surface area contributed by atoms with Crippen molar-refractivity contribution in [2.45, 2.75) is 37.3 Å². The molecule has 0 saturated carbocycles. The molecule has 1 atom stereocenters. The molecule has 4 rings (SSSR count). The van der Waals surface area contributed by atoms with Crippen molar-refractivity contribution in [1.82, 2.24) is 15.5 Å². The minimum atomic E-state index is -0.209. The van der Waals surface area contributed by atoms with Crippen LogP contribution in [0.3, 0.4) is 0 Å². The highest BCUT2D eigenvalue weighted by Crippen LogP contribution is 2.39. The second kappa shape index (κ2) is 7.19. The number of hydrogen-bond acceptors (Lipinski definition) is 4. The smallest absolute Gasteiger partial charge is 0.286 e. The lowest BCUT2D eigenvalue weighted by molar-refractivity contribution is -0.121. The lowest BCUT2D eigenvalue weighted by Gasteiger charge is -2.39. The van der Waals surface area contributed by atoms with Crippen LogP contribution in [0.4, 0.5) is 0 Å². The van der Waals surface area contributed by atoms with E-state index in [1.807, 2.05) is 36.4 Å². The molecule has 2 aliphatic heterocycles. The molecule has 27 heavy (non-hydrogen) atoms. The number of furan rings is 1. The van der Waals surface area contributed by atoms with Crippen molar-refractivity contribution < 1.29 is 14.0 Å². The predicted octanol–water partition coefficient (Wildman–Crippen LogP) is 2.28. The van der Waals surface area contributed by atoms with E-state index in [0.29, 0.717) is 12.3 Å². The summed E-state index contributed by atoms with van der Waals surface area (Å²) in [7, 11) is 1.59. The fourth-order valence-electron chi connectivity index (χ4n) is 4.23. The van der Waals surface area contributed by atoms with Gasteiger partial charge in [0.2, 0.25) is 5.91 Å². The number of amides is 2. The van der Waals surface area contributed by atoms with Crippen molar-refractivity contribution in [2.75, 3.05) is 20.1 Å². The summed E-state index contributed by atoms with van der Waals surface area (Å²) in [5, 5.41) is 5.85. The number of nitrogens with one attached hydrogen (secondary N) is 2. The average Bonchev–Trinajstić information content (AvgIpc) is 3.29. The molecule has 2 aliphatic rings. The summed E-state index contributed by atoms with van der Waals surface area (Å²) in [5.41, 5.74) is 1.01. The lowest BCUT2D eigenvalue weighted by atomic mass is 9.82. The van der Waals surface area contributed by atoms with E-state index in [-0.39, 0.29) is 23.3 Å².